The molecule has 1 aromatic heterocycles. The molecule has 2 atom stereocenters. The van der Waals surface area contributed by atoms with Crippen molar-refractivity contribution in [3.8, 4) is 0 Å². The quantitative estimate of drug-likeness (QED) is 0.912. The summed E-state index contributed by atoms with van der Waals surface area (Å²) < 4.78 is 0. The first-order valence-electron chi connectivity index (χ1n) is 8.97. The van der Waals surface area contributed by atoms with E-state index in [1.807, 2.05) is 27.3 Å². The molecule has 3 heterocycles. The van der Waals surface area contributed by atoms with Gasteiger partial charge in [-0.1, -0.05) is 13.0 Å². The standard InChI is InChI=1S/C18H27N3O2S/c1-14-5-2-8-20(12-14)17(22)15-6-3-9-21(13-15)18(23)19-11-16-7-4-10-24-16/h4,7,10,14-15H,2-3,5-6,8-9,11-13H2,1H3,(H,19,23). The molecule has 24 heavy (non-hydrogen) atoms. The number of carbonyl (C=O) groups excluding carboxylic acids is 2. The number of amides is 3. The third kappa shape index (κ3) is 4.29. The maximum Gasteiger partial charge on any atom is 0.317 e. The van der Waals surface area contributed by atoms with Gasteiger partial charge in [0.1, 0.15) is 0 Å². The van der Waals surface area contributed by atoms with Gasteiger partial charge in [0.25, 0.3) is 0 Å². The van der Waals surface area contributed by atoms with Crippen LogP contribution in [0.25, 0.3) is 0 Å². The van der Waals surface area contributed by atoms with Crippen LogP contribution in [0, 0.1) is 11.8 Å². The van der Waals surface area contributed by atoms with E-state index in [4.69, 9.17) is 0 Å². The number of piperidine rings is 2. The van der Waals surface area contributed by atoms with Crippen molar-refractivity contribution in [1.82, 2.24) is 15.1 Å². The molecule has 0 aliphatic carbocycles. The third-order valence-electron chi connectivity index (χ3n) is 5.02. The van der Waals surface area contributed by atoms with Crippen molar-refractivity contribution in [2.24, 2.45) is 11.8 Å². The van der Waals surface area contributed by atoms with Crippen LogP contribution >= 0.6 is 11.3 Å². The molecule has 2 unspecified atom stereocenters. The fraction of sp³-hybridized carbons (Fsp3) is 0.667. The van der Waals surface area contributed by atoms with E-state index in [1.165, 1.54) is 6.42 Å². The Labute approximate surface area is 148 Å². The van der Waals surface area contributed by atoms with E-state index >= 15 is 0 Å². The summed E-state index contributed by atoms with van der Waals surface area (Å²) >= 11 is 1.64. The summed E-state index contributed by atoms with van der Waals surface area (Å²) in [5.41, 5.74) is 0. The van der Waals surface area contributed by atoms with Gasteiger partial charge in [0.2, 0.25) is 5.91 Å². The molecule has 2 aliphatic rings. The van der Waals surface area contributed by atoms with E-state index in [1.54, 1.807) is 11.3 Å². The number of nitrogens with zero attached hydrogens (tertiary/aromatic N) is 2. The van der Waals surface area contributed by atoms with E-state index in [2.05, 4.69) is 12.2 Å². The zero-order valence-electron chi connectivity index (χ0n) is 14.4. The highest BCUT2D eigenvalue weighted by atomic mass is 32.1. The molecule has 5 nitrogen and oxygen atoms in total. The average molecular weight is 350 g/mol. The third-order valence-corrected chi connectivity index (χ3v) is 5.90. The number of hydrogen-bond donors (Lipinski definition) is 1. The highest BCUT2D eigenvalue weighted by Gasteiger charge is 2.32. The van der Waals surface area contributed by atoms with E-state index in [9.17, 15) is 9.59 Å². The monoisotopic (exact) mass is 349 g/mol. The van der Waals surface area contributed by atoms with Crippen LogP contribution < -0.4 is 5.32 Å². The Morgan fingerprint density at radius 2 is 2.00 bits per heavy atom. The molecule has 1 aromatic rings. The molecule has 0 bridgehead atoms. The molecule has 3 amide bonds. The lowest BCUT2D eigenvalue weighted by Crippen LogP contribution is -2.50. The Morgan fingerprint density at radius 3 is 2.75 bits per heavy atom. The smallest absolute Gasteiger partial charge is 0.317 e. The summed E-state index contributed by atoms with van der Waals surface area (Å²) in [6.07, 6.45) is 4.13. The van der Waals surface area contributed by atoms with E-state index in [0.717, 1.165) is 43.8 Å². The predicted octanol–water partition coefficient (Wildman–Crippen LogP) is 2.93. The number of likely N-dealkylation sites (tertiary alicyclic amines) is 2. The van der Waals surface area contributed by atoms with Gasteiger partial charge in [-0.3, -0.25) is 4.79 Å². The lowest BCUT2D eigenvalue weighted by Gasteiger charge is -2.37. The van der Waals surface area contributed by atoms with Gasteiger partial charge in [0, 0.05) is 31.1 Å². The number of carbonyl (C=O) groups is 2. The Bertz CT molecular complexity index is 561. The molecule has 132 valence electrons. The molecule has 0 spiro atoms. The fourth-order valence-corrected chi connectivity index (χ4v) is 4.34. The van der Waals surface area contributed by atoms with E-state index in [-0.39, 0.29) is 17.9 Å². The van der Waals surface area contributed by atoms with Crippen molar-refractivity contribution in [2.45, 2.75) is 39.2 Å². The summed E-state index contributed by atoms with van der Waals surface area (Å²) in [4.78, 5) is 30.1. The number of nitrogens with one attached hydrogen (secondary N) is 1. The average Bonchev–Trinajstić information content (AvgIpc) is 3.12. The fourth-order valence-electron chi connectivity index (χ4n) is 3.70. The summed E-state index contributed by atoms with van der Waals surface area (Å²) in [5.74, 6) is 0.810. The van der Waals surface area contributed by atoms with Crippen molar-refractivity contribution < 1.29 is 9.59 Å². The molecule has 3 rings (SSSR count). The Morgan fingerprint density at radius 1 is 1.21 bits per heavy atom. The zero-order chi connectivity index (χ0) is 16.9. The first-order valence-corrected chi connectivity index (χ1v) is 9.85. The first-order chi connectivity index (χ1) is 11.6. The van der Waals surface area contributed by atoms with Crippen LogP contribution in [0.1, 0.15) is 37.5 Å². The molecule has 2 fully saturated rings. The molecule has 2 saturated heterocycles. The van der Waals surface area contributed by atoms with Crippen molar-refractivity contribution in [1.29, 1.82) is 0 Å². The molecule has 2 aliphatic heterocycles. The van der Waals surface area contributed by atoms with Gasteiger partial charge in [0.05, 0.1) is 12.5 Å². The van der Waals surface area contributed by atoms with Crippen molar-refractivity contribution in [2.75, 3.05) is 26.2 Å². The van der Waals surface area contributed by atoms with Crippen LogP contribution in [0.4, 0.5) is 4.79 Å². The highest BCUT2D eigenvalue weighted by Crippen LogP contribution is 2.23. The van der Waals surface area contributed by atoms with Gasteiger partial charge in [-0.25, -0.2) is 4.79 Å². The summed E-state index contributed by atoms with van der Waals surface area (Å²) in [5, 5.41) is 4.98. The van der Waals surface area contributed by atoms with Crippen LogP contribution in [0.5, 0.6) is 0 Å². The number of rotatable bonds is 3. The molecule has 1 N–H and O–H groups in total. The molecular weight excluding hydrogens is 322 g/mol. The summed E-state index contributed by atoms with van der Waals surface area (Å²) in [6.45, 7) is 5.83. The van der Waals surface area contributed by atoms with Gasteiger partial charge < -0.3 is 15.1 Å². The van der Waals surface area contributed by atoms with Crippen LogP contribution in [0.15, 0.2) is 17.5 Å². The normalized spacial score (nSPS) is 24.7. The Balaban J connectivity index is 1.51. The number of thiophene rings is 1. The van der Waals surface area contributed by atoms with Crippen LogP contribution in [0.2, 0.25) is 0 Å². The second-order valence-electron chi connectivity index (χ2n) is 7.05. The summed E-state index contributed by atoms with van der Waals surface area (Å²) in [6, 6.07) is 3.96. The molecule has 0 radical (unpaired) electrons. The first kappa shape index (κ1) is 17.3. The van der Waals surface area contributed by atoms with Gasteiger partial charge >= 0.3 is 6.03 Å². The number of hydrogen-bond acceptors (Lipinski definition) is 3. The minimum Gasteiger partial charge on any atom is -0.342 e. The molecule has 0 aromatic carbocycles. The van der Waals surface area contributed by atoms with Crippen LogP contribution in [0.3, 0.4) is 0 Å². The maximum absolute atomic E-state index is 12.8. The molecular formula is C18H27N3O2S. The van der Waals surface area contributed by atoms with Gasteiger partial charge in [-0.05, 0) is 43.0 Å². The van der Waals surface area contributed by atoms with Crippen LogP contribution in [-0.4, -0.2) is 47.9 Å². The largest absolute Gasteiger partial charge is 0.342 e. The van der Waals surface area contributed by atoms with E-state index in [0.29, 0.717) is 19.0 Å². The van der Waals surface area contributed by atoms with Gasteiger partial charge in [-0.15, -0.1) is 11.3 Å². The maximum atomic E-state index is 12.8. The van der Waals surface area contributed by atoms with Crippen LogP contribution in [-0.2, 0) is 11.3 Å². The van der Waals surface area contributed by atoms with Gasteiger partial charge in [0.15, 0.2) is 0 Å². The molecule has 0 saturated carbocycles. The second kappa shape index (κ2) is 8.01. The highest BCUT2D eigenvalue weighted by molar-refractivity contribution is 7.09. The van der Waals surface area contributed by atoms with Crippen molar-refractivity contribution >= 4 is 23.3 Å². The summed E-state index contributed by atoms with van der Waals surface area (Å²) in [7, 11) is 0. The lowest BCUT2D eigenvalue weighted by atomic mass is 9.94. The lowest BCUT2D eigenvalue weighted by molar-refractivity contribution is -0.138. The van der Waals surface area contributed by atoms with E-state index < -0.39 is 0 Å². The van der Waals surface area contributed by atoms with Gasteiger partial charge in [-0.2, -0.15) is 0 Å². The number of urea groups is 1. The molecule has 6 heteroatoms. The minimum atomic E-state index is -0.0482. The Hall–Kier alpha value is -1.56. The zero-order valence-corrected chi connectivity index (χ0v) is 15.2. The minimum absolute atomic E-state index is 0.0310. The van der Waals surface area contributed by atoms with Crippen molar-refractivity contribution in [3.05, 3.63) is 22.4 Å². The predicted molar refractivity (Wildman–Crippen MR) is 95.8 cm³/mol. The topological polar surface area (TPSA) is 52.7 Å². The SMILES string of the molecule is CC1CCCN(C(=O)C2CCCN(C(=O)NCc3cccs3)C2)C1. The van der Waals surface area contributed by atoms with Crippen molar-refractivity contribution in [3.63, 3.8) is 0 Å². The Kier molecular flexibility index (Phi) is 5.76. The second-order valence-corrected chi connectivity index (χ2v) is 8.09.